The maximum Gasteiger partial charge on any atom is 0.263 e. The number of hydrogen-bond acceptors (Lipinski definition) is 9. The van der Waals surface area contributed by atoms with Crippen LogP contribution in [0.4, 0.5) is 17.5 Å². The molecule has 4 heterocycles. The Morgan fingerprint density at radius 3 is 2.33 bits per heavy atom. The maximum absolute atomic E-state index is 13.5. The van der Waals surface area contributed by atoms with E-state index < -0.39 is 0 Å². The first-order valence-electron chi connectivity index (χ1n) is 14.7. The van der Waals surface area contributed by atoms with Gasteiger partial charge in [-0.25, -0.2) is 9.97 Å². The summed E-state index contributed by atoms with van der Waals surface area (Å²) in [7, 11) is 0. The third kappa shape index (κ3) is 5.60. The number of anilines is 3. The van der Waals surface area contributed by atoms with E-state index in [9.17, 15) is 19.5 Å². The molecule has 6 rings (SSSR count). The number of pyridine rings is 2. The number of carbonyl (C=O) groups excluding carboxylic acids is 2. The van der Waals surface area contributed by atoms with Gasteiger partial charge in [0.05, 0.1) is 24.1 Å². The summed E-state index contributed by atoms with van der Waals surface area (Å²) in [5.41, 5.74) is 3.42. The number of aliphatic hydroxyl groups excluding tert-OH is 1. The zero-order valence-electron chi connectivity index (χ0n) is 24.4. The number of nitrogens with zero attached hydrogens (tertiary/aromatic N) is 6. The van der Waals surface area contributed by atoms with Crippen LogP contribution in [0, 0.1) is 6.92 Å². The van der Waals surface area contributed by atoms with Crippen LogP contribution in [0.15, 0.2) is 53.6 Å². The molecule has 11 heteroatoms. The Balaban J connectivity index is 1.16. The molecule has 1 saturated carbocycles. The first kappa shape index (κ1) is 28.5. The number of Topliss-reactive ketones (excluding diaryl/α,β-unsaturated/α-hetero) is 1. The molecular weight excluding hydrogens is 546 g/mol. The lowest BCUT2D eigenvalue weighted by atomic mass is 10.0. The van der Waals surface area contributed by atoms with Gasteiger partial charge in [-0.05, 0) is 62.1 Å². The van der Waals surface area contributed by atoms with E-state index in [2.05, 4.69) is 20.2 Å². The van der Waals surface area contributed by atoms with Gasteiger partial charge in [0.1, 0.15) is 11.5 Å². The van der Waals surface area contributed by atoms with Crippen molar-refractivity contribution in [2.75, 3.05) is 36.4 Å². The van der Waals surface area contributed by atoms with Crippen LogP contribution in [0.3, 0.4) is 0 Å². The van der Waals surface area contributed by atoms with Crippen molar-refractivity contribution in [1.82, 2.24) is 24.4 Å². The molecule has 222 valence electrons. The van der Waals surface area contributed by atoms with Crippen molar-refractivity contribution in [1.29, 1.82) is 0 Å². The highest BCUT2D eigenvalue weighted by atomic mass is 16.3. The minimum atomic E-state index is -0.280. The summed E-state index contributed by atoms with van der Waals surface area (Å²) in [6.07, 6.45) is 7.30. The first-order chi connectivity index (χ1) is 20.8. The molecule has 0 spiro atoms. The summed E-state index contributed by atoms with van der Waals surface area (Å²) >= 11 is 0. The standard InChI is InChI=1S/C32H35N7O4/c1-20-26-18-34-32(36-29(26)39(24-5-3-4-6-24)31(43)28(20)21(2)41)35-27-12-11-25(17-33-27)37-13-15-38(16-14-37)30(42)23-9-7-22(19-40)8-10-23/h7-12,17-18,24,40H,3-6,13-16,19H2,1-2H3,(H,33,34,35,36). The van der Waals surface area contributed by atoms with Gasteiger partial charge < -0.3 is 20.2 Å². The fraction of sp³-hybridized carbons (Fsp3) is 0.375. The molecule has 43 heavy (non-hydrogen) atoms. The number of aliphatic hydroxyl groups is 1. The summed E-state index contributed by atoms with van der Waals surface area (Å²) in [5.74, 6) is 0.635. The van der Waals surface area contributed by atoms with Crippen molar-refractivity contribution in [2.24, 2.45) is 0 Å². The number of hydrogen-bond donors (Lipinski definition) is 2. The van der Waals surface area contributed by atoms with Gasteiger partial charge in [0.2, 0.25) is 5.95 Å². The van der Waals surface area contributed by atoms with E-state index in [1.54, 1.807) is 48.1 Å². The summed E-state index contributed by atoms with van der Waals surface area (Å²) in [6, 6.07) is 10.9. The average molecular weight is 582 g/mol. The van der Waals surface area contributed by atoms with Gasteiger partial charge in [-0.1, -0.05) is 25.0 Å². The van der Waals surface area contributed by atoms with Crippen molar-refractivity contribution in [2.45, 2.75) is 52.2 Å². The number of fused-ring (bicyclic) bond motifs is 1. The lowest BCUT2D eigenvalue weighted by molar-refractivity contribution is 0.0746. The van der Waals surface area contributed by atoms with E-state index in [1.165, 1.54) is 6.92 Å². The van der Waals surface area contributed by atoms with Crippen molar-refractivity contribution < 1.29 is 14.7 Å². The van der Waals surface area contributed by atoms with E-state index in [-0.39, 0.29) is 35.5 Å². The molecule has 1 aliphatic carbocycles. The van der Waals surface area contributed by atoms with Crippen molar-refractivity contribution in [3.63, 3.8) is 0 Å². The predicted molar refractivity (Wildman–Crippen MR) is 164 cm³/mol. The summed E-state index contributed by atoms with van der Waals surface area (Å²) < 4.78 is 1.70. The van der Waals surface area contributed by atoms with Crippen LogP contribution in [-0.2, 0) is 6.61 Å². The molecule has 1 aromatic carbocycles. The highest BCUT2D eigenvalue weighted by molar-refractivity contribution is 5.99. The summed E-state index contributed by atoms with van der Waals surface area (Å²) in [4.78, 5) is 56.6. The minimum absolute atomic E-state index is 0.0106. The number of carbonyl (C=O) groups is 2. The van der Waals surface area contributed by atoms with Crippen LogP contribution in [0.1, 0.15) is 70.5 Å². The van der Waals surface area contributed by atoms with E-state index in [1.807, 2.05) is 17.0 Å². The number of aromatic nitrogens is 4. The molecule has 2 N–H and O–H groups in total. The molecule has 1 saturated heterocycles. The highest BCUT2D eigenvalue weighted by Gasteiger charge is 2.26. The van der Waals surface area contributed by atoms with Crippen molar-refractivity contribution in [3.05, 3.63) is 81.4 Å². The minimum Gasteiger partial charge on any atom is -0.392 e. The Labute approximate surface area is 249 Å². The second-order valence-electron chi connectivity index (χ2n) is 11.3. The monoisotopic (exact) mass is 581 g/mol. The summed E-state index contributed by atoms with van der Waals surface area (Å²) in [5, 5.41) is 13.1. The van der Waals surface area contributed by atoms with Gasteiger partial charge in [0, 0.05) is 49.4 Å². The maximum atomic E-state index is 13.5. The fourth-order valence-corrected chi connectivity index (χ4v) is 6.17. The molecule has 0 unspecified atom stereocenters. The molecule has 2 fully saturated rings. The van der Waals surface area contributed by atoms with Gasteiger partial charge in [0.25, 0.3) is 11.5 Å². The quantitative estimate of drug-likeness (QED) is 0.311. The highest BCUT2D eigenvalue weighted by Crippen LogP contribution is 2.32. The lowest BCUT2D eigenvalue weighted by Gasteiger charge is -2.36. The van der Waals surface area contributed by atoms with E-state index in [0.717, 1.165) is 36.9 Å². The van der Waals surface area contributed by atoms with E-state index in [4.69, 9.17) is 4.98 Å². The number of aryl methyl sites for hydroxylation is 1. The Morgan fingerprint density at radius 1 is 0.977 bits per heavy atom. The third-order valence-corrected chi connectivity index (χ3v) is 8.55. The van der Waals surface area contributed by atoms with E-state index in [0.29, 0.717) is 60.1 Å². The Hall–Kier alpha value is -4.64. The van der Waals surface area contributed by atoms with Crippen LogP contribution in [0.25, 0.3) is 11.0 Å². The second kappa shape index (κ2) is 11.9. The molecule has 0 bridgehead atoms. The topological polar surface area (TPSA) is 134 Å². The van der Waals surface area contributed by atoms with Gasteiger partial charge in [-0.2, -0.15) is 4.98 Å². The second-order valence-corrected chi connectivity index (χ2v) is 11.3. The number of ketones is 1. The van der Waals surface area contributed by atoms with Crippen LogP contribution in [-0.4, -0.2) is 67.4 Å². The molecule has 11 nitrogen and oxygen atoms in total. The molecule has 4 aromatic rings. The zero-order valence-corrected chi connectivity index (χ0v) is 24.4. The number of amides is 1. The number of rotatable bonds is 7. The molecule has 0 radical (unpaired) electrons. The number of benzene rings is 1. The van der Waals surface area contributed by atoms with Gasteiger partial charge in [-0.15, -0.1) is 0 Å². The number of nitrogens with one attached hydrogen (secondary N) is 1. The van der Waals surface area contributed by atoms with Crippen LogP contribution in [0.5, 0.6) is 0 Å². The van der Waals surface area contributed by atoms with Gasteiger partial charge >= 0.3 is 0 Å². The SMILES string of the molecule is CC(=O)c1c(C)c2cnc(Nc3ccc(N4CCN(C(=O)c5ccc(CO)cc5)CC4)cn3)nc2n(C2CCCC2)c1=O. The first-order valence-corrected chi connectivity index (χ1v) is 14.7. The Kier molecular flexibility index (Phi) is 7.90. The smallest absolute Gasteiger partial charge is 0.263 e. The molecular formula is C32H35N7O4. The number of piperazine rings is 1. The molecule has 1 aliphatic heterocycles. The van der Waals surface area contributed by atoms with Crippen LogP contribution < -0.4 is 15.8 Å². The fourth-order valence-electron chi connectivity index (χ4n) is 6.17. The largest absolute Gasteiger partial charge is 0.392 e. The molecule has 3 aromatic heterocycles. The third-order valence-electron chi connectivity index (χ3n) is 8.55. The lowest BCUT2D eigenvalue weighted by Crippen LogP contribution is -2.48. The normalized spacial score (nSPS) is 15.7. The van der Waals surface area contributed by atoms with Crippen LogP contribution in [0.2, 0.25) is 0 Å². The van der Waals surface area contributed by atoms with Gasteiger partial charge in [0.15, 0.2) is 5.78 Å². The average Bonchev–Trinajstić information content (AvgIpc) is 3.56. The zero-order chi connectivity index (χ0) is 30.1. The van der Waals surface area contributed by atoms with E-state index >= 15 is 0 Å². The Morgan fingerprint density at radius 2 is 1.70 bits per heavy atom. The molecule has 0 atom stereocenters. The predicted octanol–water partition coefficient (Wildman–Crippen LogP) is 4.01. The Bertz CT molecular complexity index is 1720. The molecule has 1 amide bonds. The summed E-state index contributed by atoms with van der Waals surface area (Å²) in [6.45, 7) is 5.72. The van der Waals surface area contributed by atoms with Gasteiger partial charge in [-0.3, -0.25) is 19.0 Å². The van der Waals surface area contributed by atoms with Crippen molar-refractivity contribution >= 4 is 40.2 Å². The molecule has 2 aliphatic rings. The van der Waals surface area contributed by atoms with Crippen molar-refractivity contribution in [3.8, 4) is 0 Å². The van der Waals surface area contributed by atoms with Crippen LogP contribution >= 0.6 is 0 Å².